The zero-order chi connectivity index (χ0) is 11.6. The summed E-state index contributed by atoms with van der Waals surface area (Å²) in [6.45, 7) is 0. The topological polar surface area (TPSA) is 36.1 Å². The van der Waals surface area contributed by atoms with Crippen LogP contribution >= 0.6 is 0 Å². The summed E-state index contributed by atoms with van der Waals surface area (Å²) in [4.78, 5) is 0. The van der Waals surface area contributed by atoms with Crippen molar-refractivity contribution in [1.29, 1.82) is 0 Å². The third-order valence-electron chi connectivity index (χ3n) is 3.43. The van der Waals surface area contributed by atoms with Crippen molar-refractivity contribution < 1.29 is 24.1 Å². The van der Waals surface area contributed by atoms with Gasteiger partial charge in [0.15, 0.2) is 0 Å². The van der Waals surface area contributed by atoms with E-state index in [0.717, 1.165) is 3.28 Å². The summed E-state index contributed by atoms with van der Waals surface area (Å²) < 4.78 is 37.2. The maximum absolute atomic E-state index is 13.7. The molecule has 3 nitrogen and oxygen atoms in total. The van der Waals surface area contributed by atoms with Crippen LogP contribution in [0.25, 0.3) is 0 Å². The Morgan fingerprint density at radius 1 is 1.20 bits per heavy atom. The van der Waals surface area contributed by atoms with Crippen LogP contribution in [0.4, 0.5) is 7.00 Å². The van der Waals surface area contributed by atoms with E-state index in [-0.39, 0.29) is 0 Å². The molecule has 1 aliphatic carbocycles. The predicted molar refractivity (Wildman–Crippen MR) is 58.4 cm³/mol. The number of hydrogen-bond acceptors (Lipinski definition) is 3. The molecule has 0 atom stereocenters. The van der Waals surface area contributed by atoms with Gasteiger partial charge in [-0.2, -0.15) is 0 Å². The van der Waals surface area contributed by atoms with Gasteiger partial charge in [-0.05, 0) is 0 Å². The third-order valence-corrected chi connectivity index (χ3v) is 43.6. The van der Waals surface area contributed by atoms with Gasteiger partial charge in [0.05, 0.1) is 0 Å². The summed E-state index contributed by atoms with van der Waals surface area (Å²) in [6, 6.07) is 0. The molecule has 7 heteroatoms. The first-order valence-corrected chi connectivity index (χ1v) is 20.3. The van der Waals surface area contributed by atoms with Gasteiger partial charge in [-0.1, -0.05) is 0 Å². The average molecular weight is 358 g/mol. The zero-order valence-electron chi connectivity index (χ0n) is 9.27. The number of allylic oxidation sites excluding steroid dienone is 4. The summed E-state index contributed by atoms with van der Waals surface area (Å²) in [5, 5.41) is 0. The minimum absolute atomic E-state index is 0.642. The average Bonchev–Trinajstić information content (AvgIpc) is 2.76. The van der Waals surface area contributed by atoms with Crippen molar-refractivity contribution in [2.24, 2.45) is 0 Å². The second-order valence-corrected chi connectivity index (χ2v) is 36.7. The van der Waals surface area contributed by atoms with Crippen molar-refractivity contribution >= 4 is 11.5 Å². The molecule has 0 spiro atoms. The van der Waals surface area contributed by atoms with E-state index in [1.54, 1.807) is 21.1 Å². The van der Waals surface area contributed by atoms with Crippen LogP contribution in [0, 0.1) is 0 Å². The zero-order valence-corrected chi connectivity index (χ0v) is 14.2. The van der Waals surface area contributed by atoms with E-state index < -0.39 is 28.6 Å². The van der Waals surface area contributed by atoms with Gasteiger partial charge in [0.25, 0.3) is 0 Å². The van der Waals surface area contributed by atoms with Crippen LogP contribution in [0.15, 0.2) is 21.5 Å². The Hall–Kier alpha value is 0.646. The normalized spacial score (nSPS) is 19.1. The Balaban J connectivity index is 3.26. The monoisotopic (exact) mass is 358 g/mol. The van der Waals surface area contributed by atoms with E-state index in [4.69, 9.17) is 0 Å². The second-order valence-electron chi connectivity index (χ2n) is 3.70. The maximum atomic E-state index is 13.7. The van der Waals surface area contributed by atoms with Crippen molar-refractivity contribution in [3.05, 3.63) is 21.5 Å². The van der Waals surface area contributed by atoms with Gasteiger partial charge < -0.3 is 0 Å². The summed E-state index contributed by atoms with van der Waals surface area (Å²) >= 11 is -8.83. The molecule has 0 aromatic carbocycles. The third kappa shape index (κ3) is 1.84. The van der Waals surface area contributed by atoms with Crippen LogP contribution in [-0.4, -0.2) is 32.6 Å². The SMILES string of the molecule is C[NH][Zr]([NH]C)([NH]C)([C]1=CC=CC1)[GeH]([F])[F]. The molecule has 0 saturated heterocycles. The molecule has 0 radical (unpaired) electrons. The number of halogens is 2. The Morgan fingerprint density at radius 3 is 2.00 bits per heavy atom. The molecule has 3 N–H and O–H groups in total. The molecule has 0 aromatic heterocycles. The molecule has 0 heterocycles. The standard InChI is InChI=1S/C5H5.3CH4N.F2GeH.Zr/c1-2-4-5-3-1;3*1-2;1-3-2;/h1-3H,4H2;3*2H,1H3;3H;/q;3*-1;;+3. The fourth-order valence-corrected chi connectivity index (χ4v) is 25.3. The van der Waals surface area contributed by atoms with E-state index in [2.05, 4.69) is 9.78 Å². The van der Waals surface area contributed by atoms with Gasteiger partial charge in [0.2, 0.25) is 0 Å². The summed E-state index contributed by atoms with van der Waals surface area (Å²) in [7, 11) is 4.94. The minimum atomic E-state index is -4.49. The Kier molecular flexibility index (Phi) is 4.46. The molecule has 0 fully saturated rings. The molecule has 0 saturated carbocycles. The van der Waals surface area contributed by atoms with Crippen molar-refractivity contribution in [3.8, 4) is 0 Å². The first-order chi connectivity index (χ1) is 7.06. The molecule has 0 aliphatic heterocycles. The van der Waals surface area contributed by atoms with Crippen LogP contribution in [0.2, 0.25) is 0 Å². The first kappa shape index (κ1) is 13.7. The number of hydrogen-bond donors (Lipinski definition) is 3. The van der Waals surface area contributed by atoms with E-state index in [0.29, 0.717) is 6.42 Å². The molecular weight excluding hydrogens is 340 g/mol. The molecule has 0 amide bonds. The molecule has 87 valence electrons. The van der Waals surface area contributed by atoms with Crippen LogP contribution in [0.3, 0.4) is 0 Å². The van der Waals surface area contributed by atoms with E-state index >= 15 is 0 Å². The molecule has 1 rings (SSSR count). The van der Waals surface area contributed by atoms with E-state index in [1.807, 2.05) is 18.2 Å². The summed E-state index contributed by atoms with van der Waals surface area (Å²) in [5.74, 6) is 0. The van der Waals surface area contributed by atoms with Crippen molar-refractivity contribution in [1.82, 2.24) is 9.78 Å². The summed E-state index contributed by atoms with van der Waals surface area (Å²) in [6.07, 6.45) is 6.27. The Morgan fingerprint density at radius 2 is 1.73 bits per heavy atom. The predicted octanol–water partition coefficient (Wildman–Crippen LogP) is 0.579. The number of rotatable bonds is 5. The van der Waals surface area contributed by atoms with Crippen molar-refractivity contribution in [2.45, 2.75) is 6.42 Å². The van der Waals surface area contributed by atoms with E-state index in [9.17, 15) is 7.00 Å². The number of nitrogens with one attached hydrogen (secondary N) is 3. The fraction of sp³-hybridized carbons (Fsp3) is 0.500. The van der Waals surface area contributed by atoms with Crippen molar-refractivity contribution in [3.63, 3.8) is 0 Å². The van der Waals surface area contributed by atoms with Gasteiger partial charge in [-0.25, -0.2) is 0 Å². The van der Waals surface area contributed by atoms with Crippen LogP contribution in [0.5, 0.6) is 0 Å². The van der Waals surface area contributed by atoms with Crippen molar-refractivity contribution in [2.75, 3.05) is 21.1 Å². The molecule has 1 aliphatic rings. The molecule has 15 heavy (non-hydrogen) atoms. The van der Waals surface area contributed by atoms with Crippen LogP contribution in [-0.2, 0) is 17.1 Å². The van der Waals surface area contributed by atoms with Gasteiger partial charge >= 0.3 is 94.5 Å². The summed E-state index contributed by atoms with van der Waals surface area (Å²) in [5.41, 5.74) is 0. The second kappa shape index (κ2) is 4.88. The molecular formula is C8H18F2GeN3Zr. The molecule has 0 unspecified atom stereocenters. The van der Waals surface area contributed by atoms with Gasteiger partial charge in [0, 0.05) is 0 Å². The molecule has 0 aromatic rings. The van der Waals surface area contributed by atoms with Crippen LogP contribution < -0.4 is 9.78 Å². The van der Waals surface area contributed by atoms with Gasteiger partial charge in [-0.15, -0.1) is 0 Å². The quantitative estimate of drug-likeness (QED) is 0.630. The van der Waals surface area contributed by atoms with E-state index in [1.165, 1.54) is 0 Å². The fourth-order valence-electron chi connectivity index (χ4n) is 2.16. The Labute approximate surface area is 94.0 Å². The Bertz CT molecular complexity index is 291. The first-order valence-electron chi connectivity index (χ1n) is 4.94. The van der Waals surface area contributed by atoms with Crippen LogP contribution in [0.1, 0.15) is 6.42 Å². The van der Waals surface area contributed by atoms with Gasteiger partial charge in [0.1, 0.15) is 0 Å². The molecule has 0 bridgehead atoms. The van der Waals surface area contributed by atoms with Gasteiger partial charge in [-0.3, -0.25) is 0 Å².